The number of aryl methyl sites for hydroxylation is 1. The van der Waals surface area contributed by atoms with Crippen molar-refractivity contribution in [2.24, 2.45) is 5.92 Å². The van der Waals surface area contributed by atoms with Crippen molar-refractivity contribution in [3.63, 3.8) is 0 Å². The maximum absolute atomic E-state index is 10.8. The van der Waals surface area contributed by atoms with Crippen LogP contribution in [0.3, 0.4) is 0 Å². The zero-order chi connectivity index (χ0) is 10.3. The Hall–Kier alpha value is -1.03. The third kappa shape index (κ3) is 1.39. The average molecular weight is 215 g/mol. The lowest BCUT2D eigenvalue weighted by Gasteiger charge is -2.21. The summed E-state index contributed by atoms with van der Waals surface area (Å²) in [4.78, 5) is 14.9. The number of nitrogens with zero attached hydrogens (tertiary/aromatic N) is 2. The topological polar surface area (TPSA) is 55.1 Å². The van der Waals surface area contributed by atoms with Gasteiger partial charge in [-0.2, -0.15) is 0 Å². The smallest absolute Gasteiger partial charge is 0.306 e. The van der Waals surface area contributed by atoms with Crippen molar-refractivity contribution in [1.29, 1.82) is 0 Å². The molecular formula is C9H11ClN2O2. The molecule has 0 saturated carbocycles. The van der Waals surface area contributed by atoms with Gasteiger partial charge in [0.2, 0.25) is 0 Å². The highest BCUT2D eigenvalue weighted by molar-refractivity contribution is 6.30. The first-order valence-electron chi connectivity index (χ1n) is 4.54. The molecule has 5 heteroatoms. The highest BCUT2D eigenvalue weighted by Crippen LogP contribution is 2.27. The minimum Gasteiger partial charge on any atom is -0.481 e. The zero-order valence-electron chi connectivity index (χ0n) is 7.83. The summed E-state index contributed by atoms with van der Waals surface area (Å²) in [5.74, 6) is -0.184. The molecule has 0 aliphatic carbocycles. The van der Waals surface area contributed by atoms with Gasteiger partial charge >= 0.3 is 5.97 Å². The first kappa shape index (κ1) is 9.52. The maximum atomic E-state index is 10.8. The van der Waals surface area contributed by atoms with E-state index in [1.807, 2.05) is 11.5 Å². The number of imidazole rings is 1. The average Bonchev–Trinajstić information content (AvgIpc) is 2.42. The van der Waals surface area contributed by atoms with Crippen LogP contribution in [0, 0.1) is 12.8 Å². The fourth-order valence-electron chi connectivity index (χ4n) is 1.90. The Labute approximate surface area is 86.5 Å². The first-order chi connectivity index (χ1) is 6.59. The molecule has 1 aliphatic rings. The minimum absolute atomic E-state index is 0.309. The van der Waals surface area contributed by atoms with Crippen molar-refractivity contribution in [3.8, 4) is 0 Å². The summed E-state index contributed by atoms with van der Waals surface area (Å²) < 4.78 is 2.00. The lowest BCUT2D eigenvalue weighted by Crippen LogP contribution is -2.25. The number of hydrogen-bond acceptors (Lipinski definition) is 2. The monoisotopic (exact) mass is 214 g/mol. The molecule has 1 aromatic heterocycles. The molecule has 0 saturated heterocycles. The van der Waals surface area contributed by atoms with Crippen LogP contribution in [0.2, 0.25) is 5.15 Å². The van der Waals surface area contributed by atoms with Crippen molar-refractivity contribution in [3.05, 3.63) is 16.7 Å². The van der Waals surface area contributed by atoms with E-state index in [9.17, 15) is 4.79 Å². The van der Waals surface area contributed by atoms with Crippen molar-refractivity contribution < 1.29 is 9.90 Å². The fraction of sp³-hybridized carbons (Fsp3) is 0.556. The van der Waals surface area contributed by atoms with E-state index >= 15 is 0 Å². The van der Waals surface area contributed by atoms with E-state index in [4.69, 9.17) is 16.7 Å². The molecule has 0 radical (unpaired) electrons. The molecule has 1 aromatic rings. The number of rotatable bonds is 1. The highest BCUT2D eigenvalue weighted by atomic mass is 35.5. The molecule has 1 atom stereocenters. The van der Waals surface area contributed by atoms with Crippen LogP contribution in [-0.4, -0.2) is 20.6 Å². The van der Waals surface area contributed by atoms with Crippen molar-refractivity contribution in [2.75, 3.05) is 0 Å². The van der Waals surface area contributed by atoms with Crippen molar-refractivity contribution >= 4 is 17.6 Å². The Morgan fingerprint density at radius 2 is 2.43 bits per heavy atom. The van der Waals surface area contributed by atoms with Gasteiger partial charge in [-0.3, -0.25) is 4.79 Å². The lowest BCUT2D eigenvalue weighted by molar-refractivity contribution is -0.142. The molecule has 14 heavy (non-hydrogen) atoms. The van der Waals surface area contributed by atoms with Crippen LogP contribution in [0.5, 0.6) is 0 Å². The van der Waals surface area contributed by atoms with Gasteiger partial charge in [-0.1, -0.05) is 11.6 Å². The standard InChI is InChI=1S/C9H11ClN2O2/c1-5-11-8(10)7-4-6(9(13)14)2-3-12(5)7/h6H,2-4H2,1H3,(H,13,14). The molecule has 0 fully saturated rings. The third-order valence-corrected chi connectivity index (χ3v) is 3.01. The summed E-state index contributed by atoms with van der Waals surface area (Å²) in [5.41, 5.74) is 0.864. The molecular weight excluding hydrogens is 204 g/mol. The second kappa shape index (κ2) is 3.28. The van der Waals surface area contributed by atoms with Crippen LogP contribution in [0.4, 0.5) is 0 Å². The molecule has 0 spiro atoms. The van der Waals surface area contributed by atoms with Crippen molar-refractivity contribution in [1.82, 2.24) is 9.55 Å². The zero-order valence-corrected chi connectivity index (χ0v) is 8.58. The Bertz CT molecular complexity index is 386. The van der Waals surface area contributed by atoms with Gasteiger partial charge in [-0.05, 0) is 13.3 Å². The SMILES string of the molecule is Cc1nc(Cl)c2n1CCC(C(=O)O)C2. The second-order valence-electron chi connectivity index (χ2n) is 3.58. The van der Waals surface area contributed by atoms with E-state index in [0.717, 1.165) is 11.5 Å². The van der Waals surface area contributed by atoms with Crippen LogP contribution in [0.25, 0.3) is 0 Å². The number of halogens is 1. The largest absolute Gasteiger partial charge is 0.481 e. The Morgan fingerprint density at radius 1 is 1.71 bits per heavy atom. The van der Waals surface area contributed by atoms with Gasteiger partial charge < -0.3 is 9.67 Å². The summed E-state index contributed by atoms with van der Waals surface area (Å²) in [6.45, 7) is 2.59. The Balaban J connectivity index is 2.34. The maximum Gasteiger partial charge on any atom is 0.306 e. The van der Waals surface area contributed by atoms with Crippen molar-refractivity contribution in [2.45, 2.75) is 26.3 Å². The van der Waals surface area contributed by atoms with Gasteiger partial charge in [0.15, 0.2) is 5.15 Å². The van der Waals surface area contributed by atoms with E-state index in [-0.39, 0.29) is 5.92 Å². The highest BCUT2D eigenvalue weighted by Gasteiger charge is 2.27. The lowest BCUT2D eigenvalue weighted by atomic mass is 9.96. The van der Waals surface area contributed by atoms with E-state index < -0.39 is 5.97 Å². The van der Waals surface area contributed by atoms with Crippen LogP contribution in [0.15, 0.2) is 0 Å². The predicted molar refractivity (Wildman–Crippen MR) is 51.4 cm³/mol. The molecule has 0 bridgehead atoms. The fourth-order valence-corrected chi connectivity index (χ4v) is 2.20. The number of aliphatic carboxylic acids is 1. The van der Waals surface area contributed by atoms with E-state index in [0.29, 0.717) is 24.5 Å². The predicted octanol–water partition coefficient (Wildman–Crippen LogP) is 1.49. The number of carboxylic acid groups (broad SMARTS) is 1. The van der Waals surface area contributed by atoms with E-state index in [2.05, 4.69) is 4.98 Å². The molecule has 2 heterocycles. The van der Waals surface area contributed by atoms with E-state index in [1.165, 1.54) is 0 Å². The van der Waals surface area contributed by atoms with Crippen LogP contribution < -0.4 is 0 Å². The summed E-state index contributed by atoms with van der Waals surface area (Å²) in [6.07, 6.45) is 1.16. The van der Waals surface area contributed by atoms with Crippen LogP contribution >= 0.6 is 11.6 Å². The molecule has 1 unspecified atom stereocenters. The molecule has 4 nitrogen and oxygen atoms in total. The number of aromatic nitrogens is 2. The molecule has 0 amide bonds. The Morgan fingerprint density at radius 3 is 3.07 bits per heavy atom. The number of fused-ring (bicyclic) bond motifs is 1. The molecule has 1 N–H and O–H groups in total. The molecule has 2 rings (SSSR count). The Kier molecular flexibility index (Phi) is 2.23. The van der Waals surface area contributed by atoms with Gasteiger partial charge in [-0.25, -0.2) is 4.98 Å². The summed E-state index contributed by atoms with van der Waals surface area (Å²) in [7, 11) is 0. The summed E-state index contributed by atoms with van der Waals surface area (Å²) >= 11 is 5.91. The van der Waals surface area contributed by atoms with Gasteiger partial charge in [0.1, 0.15) is 5.82 Å². The summed E-state index contributed by atoms with van der Waals surface area (Å²) in [6, 6.07) is 0. The second-order valence-corrected chi connectivity index (χ2v) is 3.93. The summed E-state index contributed by atoms with van der Waals surface area (Å²) in [5, 5.41) is 9.34. The molecule has 0 aromatic carbocycles. The van der Waals surface area contributed by atoms with Gasteiger partial charge in [-0.15, -0.1) is 0 Å². The molecule has 1 aliphatic heterocycles. The number of carbonyl (C=O) groups is 1. The first-order valence-corrected chi connectivity index (χ1v) is 4.91. The number of hydrogen-bond donors (Lipinski definition) is 1. The normalized spacial score (nSPS) is 20.6. The third-order valence-electron chi connectivity index (χ3n) is 2.70. The van der Waals surface area contributed by atoms with E-state index in [1.54, 1.807) is 0 Å². The van der Waals surface area contributed by atoms with Crippen LogP contribution in [0.1, 0.15) is 17.9 Å². The van der Waals surface area contributed by atoms with Crippen LogP contribution in [-0.2, 0) is 17.8 Å². The van der Waals surface area contributed by atoms with Gasteiger partial charge in [0.05, 0.1) is 11.6 Å². The van der Waals surface area contributed by atoms with Gasteiger partial charge in [0, 0.05) is 13.0 Å². The number of carboxylic acids is 1. The quantitative estimate of drug-likeness (QED) is 0.771. The molecule has 76 valence electrons. The van der Waals surface area contributed by atoms with Gasteiger partial charge in [0.25, 0.3) is 0 Å². The minimum atomic E-state index is -0.744.